The van der Waals surface area contributed by atoms with Gasteiger partial charge < -0.3 is 0 Å². The minimum atomic E-state index is 0.396. The van der Waals surface area contributed by atoms with Crippen LogP contribution in [0.1, 0.15) is 54.4 Å². The lowest BCUT2D eigenvalue weighted by Gasteiger charge is -2.20. The summed E-state index contributed by atoms with van der Waals surface area (Å²) in [5.41, 5.74) is 2.28. The van der Waals surface area contributed by atoms with Crippen LogP contribution < -0.4 is 0 Å². The minimum Gasteiger partial charge on any atom is -0.0731 e. The Morgan fingerprint density at radius 1 is 0.800 bits per heavy atom. The van der Waals surface area contributed by atoms with Crippen LogP contribution in [-0.4, -0.2) is 0 Å². The van der Waals surface area contributed by atoms with Crippen LogP contribution in [0.4, 0.5) is 0 Å². The van der Waals surface area contributed by atoms with Gasteiger partial charge in [0.1, 0.15) is 0 Å². The lowest BCUT2D eigenvalue weighted by atomic mass is 9.84. The molecule has 0 N–H and O–H groups in total. The van der Waals surface area contributed by atoms with Gasteiger partial charge in [0.05, 0.1) is 0 Å². The van der Waals surface area contributed by atoms with Gasteiger partial charge in [0.25, 0.3) is 0 Å². The zero-order valence-corrected chi connectivity index (χ0v) is 11.1. The van der Waals surface area contributed by atoms with E-state index in [0.29, 0.717) is 10.8 Å². The second-order valence-electron chi connectivity index (χ2n) is 7.10. The minimum absolute atomic E-state index is 0.396. The Bertz CT molecular complexity index is 265. The van der Waals surface area contributed by atoms with Crippen LogP contribution in [0.2, 0.25) is 0 Å². The molecule has 0 aliphatic heterocycles. The zero-order valence-electron chi connectivity index (χ0n) is 11.1. The van der Waals surface area contributed by atoms with Gasteiger partial charge in [-0.05, 0) is 23.7 Å². The molecule has 0 bridgehead atoms. The predicted octanol–water partition coefficient (Wildman–Crippen LogP) is 4.93. The maximum absolute atomic E-state index is 2.37. The van der Waals surface area contributed by atoms with Gasteiger partial charge in [0.2, 0.25) is 0 Å². The van der Waals surface area contributed by atoms with Crippen LogP contribution in [0.5, 0.6) is 0 Å². The summed E-state index contributed by atoms with van der Waals surface area (Å²) in [7, 11) is 0. The summed E-state index contributed by atoms with van der Waals surface area (Å²) in [5, 5.41) is 0. The Morgan fingerprint density at radius 3 is 1.80 bits per heavy atom. The summed E-state index contributed by atoms with van der Waals surface area (Å²) < 4.78 is 0. The van der Waals surface area contributed by atoms with E-state index < -0.39 is 0 Å². The third kappa shape index (κ3) is 5.20. The number of hydrogen-bond acceptors (Lipinski definition) is 0. The number of hydrogen-bond donors (Lipinski definition) is 0. The first-order valence-corrected chi connectivity index (χ1v) is 5.90. The second-order valence-corrected chi connectivity index (χ2v) is 7.10. The highest BCUT2D eigenvalue weighted by Gasteiger charge is 2.20. The molecule has 0 heterocycles. The molecule has 0 saturated heterocycles. The van der Waals surface area contributed by atoms with E-state index in [9.17, 15) is 0 Å². The van der Waals surface area contributed by atoms with Crippen molar-refractivity contribution >= 4 is 0 Å². The van der Waals surface area contributed by atoms with Crippen LogP contribution in [0, 0.1) is 16.7 Å². The maximum atomic E-state index is 2.37. The second kappa shape index (κ2) is 4.15. The molecule has 0 amide bonds. The van der Waals surface area contributed by atoms with Crippen molar-refractivity contribution in [2.75, 3.05) is 0 Å². The molecule has 0 fully saturated rings. The summed E-state index contributed by atoms with van der Waals surface area (Å²) in [5.74, 6) is 1.49. The van der Waals surface area contributed by atoms with Crippen molar-refractivity contribution < 1.29 is 0 Å². The van der Waals surface area contributed by atoms with Gasteiger partial charge in [-0.15, -0.1) is 0 Å². The summed E-state index contributed by atoms with van der Waals surface area (Å²) in [6.07, 6.45) is 9.30. The Balaban J connectivity index is 2.53. The van der Waals surface area contributed by atoms with Crippen LogP contribution in [0.25, 0.3) is 0 Å². The zero-order chi connectivity index (χ0) is 11.7. The average molecular weight is 205 g/mol. The summed E-state index contributed by atoms with van der Waals surface area (Å²) in [6, 6.07) is 0. The summed E-state index contributed by atoms with van der Waals surface area (Å²) in [4.78, 5) is 0. The highest BCUT2D eigenvalue weighted by atomic mass is 14.3. The Morgan fingerprint density at radius 2 is 1.33 bits per heavy atom. The van der Waals surface area contributed by atoms with Crippen molar-refractivity contribution in [3.8, 4) is 0 Å². The van der Waals surface area contributed by atoms with Gasteiger partial charge in [-0.1, -0.05) is 65.3 Å². The molecule has 0 unspecified atom stereocenters. The average Bonchev–Trinajstić information content (AvgIpc) is 2.28. The summed E-state index contributed by atoms with van der Waals surface area (Å²) in [6.45, 7) is 13.8. The fourth-order valence-corrected chi connectivity index (χ4v) is 1.99. The van der Waals surface area contributed by atoms with E-state index in [-0.39, 0.29) is 0 Å². The molecule has 0 spiro atoms. The predicted molar refractivity (Wildman–Crippen MR) is 68.6 cm³/mol. The van der Waals surface area contributed by atoms with E-state index >= 15 is 0 Å². The molecule has 0 aromatic carbocycles. The molecule has 0 atom stereocenters. The first kappa shape index (κ1) is 12.5. The van der Waals surface area contributed by atoms with Crippen LogP contribution >= 0.6 is 0 Å². The van der Waals surface area contributed by atoms with Crippen molar-refractivity contribution in [1.29, 1.82) is 0 Å². The van der Waals surface area contributed by atoms with Crippen LogP contribution in [0.3, 0.4) is 0 Å². The van der Waals surface area contributed by atoms with E-state index in [4.69, 9.17) is 0 Å². The molecular formula is C15H25. The van der Waals surface area contributed by atoms with Crippen molar-refractivity contribution in [1.82, 2.24) is 0 Å². The monoisotopic (exact) mass is 205 g/mol. The Hall–Kier alpha value is -0.520. The molecular weight excluding hydrogens is 180 g/mol. The smallest absolute Gasteiger partial charge is 0.0201 e. The standard InChI is InChI=1S/C15H25/c1-14(2,3)10-12-7-8-13(9-12)11-15(4,5)6/h7-9H,10-11H2,1-6H3. The Labute approximate surface area is 95.5 Å². The molecule has 0 heteroatoms. The SMILES string of the molecule is CC(C)(C)C[C]1C=CC(CC(C)(C)C)=C1. The molecule has 1 rings (SSSR count). The molecule has 1 aliphatic rings. The largest absolute Gasteiger partial charge is 0.0731 e. The van der Waals surface area contributed by atoms with Gasteiger partial charge in [0, 0.05) is 5.92 Å². The number of rotatable bonds is 2. The van der Waals surface area contributed by atoms with E-state index in [2.05, 4.69) is 59.8 Å². The third-order valence-electron chi connectivity index (χ3n) is 2.35. The van der Waals surface area contributed by atoms with Crippen molar-refractivity contribution in [2.45, 2.75) is 54.4 Å². The normalized spacial score (nSPS) is 18.4. The quantitative estimate of drug-likeness (QED) is 0.599. The fourth-order valence-electron chi connectivity index (χ4n) is 1.99. The molecule has 0 aromatic rings. The lowest BCUT2D eigenvalue weighted by Crippen LogP contribution is -2.08. The Kier molecular flexibility index (Phi) is 3.48. The molecule has 1 aliphatic carbocycles. The van der Waals surface area contributed by atoms with Gasteiger partial charge >= 0.3 is 0 Å². The van der Waals surface area contributed by atoms with Crippen molar-refractivity contribution in [3.63, 3.8) is 0 Å². The van der Waals surface area contributed by atoms with Gasteiger partial charge in [-0.25, -0.2) is 0 Å². The van der Waals surface area contributed by atoms with Gasteiger partial charge in [-0.2, -0.15) is 0 Å². The molecule has 0 saturated carbocycles. The van der Waals surface area contributed by atoms with Crippen molar-refractivity contribution in [2.24, 2.45) is 10.8 Å². The van der Waals surface area contributed by atoms with Gasteiger partial charge in [0.15, 0.2) is 0 Å². The molecule has 15 heavy (non-hydrogen) atoms. The highest BCUT2D eigenvalue weighted by molar-refractivity contribution is 5.41. The molecule has 0 aromatic heterocycles. The fraction of sp³-hybridized carbons (Fsp3) is 0.667. The van der Waals surface area contributed by atoms with E-state index in [1.54, 1.807) is 0 Å². The first-order chi connectivity index (χ1) is 6.66. The van der Waals surface area contributed by atoms with E-state index in [0.717, 1.165) is 0 Å². The molecule has 85 valence electrons. The third-order valence-corrected chi connectivity index (χ3v) is 2.35. The first-order valence-electron chi connectivity index (χ1n) is 5.90. The molecule has 1 radical (unpaired) electrons. The van der Waals surface area contributed by atoms with Gasteiger partial charge in [-0.3, -0.25) is 0 Å². The van der Waals surface area contributed by atoms with Crippen molar-refractivity contribution in [3.05, 3.63) is 29.7 Å². The topological polar surface area (TPSA) is 0 Å². The van der Waals surface area contributed by atoms with Crippen LogP contribution in [0.15, 0.2) is 23.8 Å². The summed E-state index contributed by atoms with van der Waals surface area (Å²) >= 11 is 0. The lowest BCUT2D eigenvalue weighted by molar-refractivity contribution is 0.399. The van der Waals surface area contributed by atoms with E-state index in [1.807, 2.05) is 0 Å². The van der Waals surface area contributed by atoms with Crippen LogP contribution in [-0.2, 0) is 0 Å². The number of allylic oxidation sites excluding steroid dienone is 4. The highest BCUT2D eigenvalue weighted by Crippen LogP contribution is 2.35. The maximum Gasteiger partial charge on any atom is 0.0201 e. The van der Waals surface area contributed by atoms with E-state index in [1.165, 1.54) is 24.3 Å². The molecule has 0 nitrogen and oxygen atoms in total.